The molecule has 1 aliphatic rings. The molecule has 0 radical (unpaired) electrons. The summed E-state index contributed by atoms with van der Waals surface area (Å²) in [6.07, 6.45) is 9.84. The molecule has 170 valence electrons. The molecule has 9 heteroatoms. The molecule has 1 fully saturated rings. The van der Waals surface area contributed by atoms with Crippen LogP contribution in [0.15, 0.2) is 48.0 Å². The second kappa shape index (κ2) is 12.6. The Labute approximate surface area is 201 Å². The second-order valence-corrected chi connectivity index (χ2v) is 7.91. The maximum Gasteiger partial charge on any atom is 0.269 e. The van der Waals surface area contributed by atoms with Crippen molar-refractivity contribution in [2.45, 2.75) is 45.6 Å². The molecule has 1 N–H and O–H groups in total. The van der Waals surface area contributed by atoms with E-state index in [9.17, 15) is 10.1 Å². The number of aromatic nitrogens is 2. The summed E-state index contributed by atoms with van der Waals surface area (Å²) >= 11 is 0. The number of nitro groups is 1. The fourth-order valence-electron chi connectivity index (χ4n) is 3.93. The first kappa shape index (κ1) is 25.1. The molecule has 1 aliphatic heterocycles. The second-order valence-electron chi connectivity index (χ2n) is 7.91. The van der Waals surface area contributed by atoms with Crippen molar-refractivity contribution in [3.05, 3.63) is 58.7 Å². The summed E-state index contributed by atoms with van der Waals surface area (Å²) in [6, 6.07) is 7.25. The van der Waals surface area contributed by atoms with Crippen LogP contribution in [0, 0.1) is 16.0 Å². The smallest absolute Gasteiger partial charge is 0.269 e. The van der Waals surface area contributed by atoms with Crippen LogP contribution in [-0.2, 0) is 6.42 Å². The number of benzene rings is 1. The third kappa shape index (κ3) is 7.19. The number of nitro benzene ring substituents is 1. The number of halogens is 1. The van der Waals surface area contributed by atoms with Crippen LogP contribution >= 0.6 is 24.0 Å². The highest BCUT2D eigenvalue weighted by Gasteiger charge is 2.28. The lowest BCUT2D eigenvalue weighted by Gasteiger charge is -2.39. The third-order valence-corrected chi connectivity index (χ3v) is 5.74. The summed E-state index contributed by atoms with van der Waals surface area (Å²) in [5, 5.41) is 14.2. The average molecular weight is 540 g/mol. The Balaban J connectivity index is 0.00000341. The van der Waals surface area contributed by atoms with Gasteiger partial charge in [0.2, 0.25) is 0 Å². The van der Waals surface area contributed by atoms with E-state index in [0.717, 1.165) is 63.4 Å². The molecule has 0 amide bonds. The van der Waals surface area contributed by atoms with Gasteiger partial charge in [0.1, 0.15) is 0 Å². The van der Waals surface area contributed by atoms with Gasteiger partial charge >= 0.3 is 0 Å². The maximum atomic E-state index is 10.7. The van der Waals surface area contributed by atoms with E-state index in [1.807, 2.05) is 30.9 Å². The normalized spacial score (nSPS) is 19.0. The number of guanidine groups is 1. The molecule has 2 atom stereocenters. The van der Waals surface area contributed by atoms with Crippen LogP contribution in [0.1, 0.15) is 44.7 Å². The molecule has 2 aromatic rings. The number of aryl methyl sites for hydroxylation is 1. The van der Waals surface area contributed by atoms with E-state index in [4.69, 9.17) is 4.99 Å². The van der Waals surface area contributed by atoms with Crippen molar-refractivity contribution >= 4 is 35.6 Å². The van der Waals surface area contributed by atoms with Crippen LogP contribution in [0.5, 0.6) is 0 Å². The van der Waals surface area contributed by atoms with E-state index >= 15 is 0 Å². The van der Waals surface area contributed by atoms with Crippen LogP contribution < -0.4 is 5.32 Å². The van der Waals surface area contributed by atoms with Crippen molar-refractivity contribution in [3.63, 3.8) is 0 Å². The molecule has 1 saturated heterocycles. The topological polar surface area (TPSA) is 88.6 Å². The molecule has 3 rings (SSSR count). The number of hydrogen-bond donors (Lipinski definition) is 1. The Bertz CT molecular complexity index is 825. The molecule has 8 nitrogen and oxygen atoms in total. The van der Waals surface area contributed by atoms with E-state index < -0.39 is 0 Å². The first-order chi connectivity index (χ1) is 14.6. The summed E-state index contributed by atoms with van der Waals surface area (Å²) in [5.74, 6) is 1.60. The van der Waals surface area contributed by atoms with Gasteiger partial charge in [0.05, 0.1) is 17.3 Å². The number of nitrogens with one attached hydrogen (secondary N) is 1. The molecule has 1 aromatic heterocycles. The van der Waals surface area contributed by atoms with Crippen LogP contribution in [-0.4, -0.2) is 51.5 Å². The molecule has 31 heavy (non-hydrogen) atoms. The van der Waals surface area contributed by atoms with Gasteiger partial charge in [0.15, 0.2) is 5.96 Å². The van der Waals surface area contributed by atoms with Gasteiger partial charge < -0.3 is 14.8 Å². The number of rotatable bonds is 8. The summed E-state index contributed by atoms with van der Waals surface area (Å²) in [5.41, 5.74) is 1.27. The van der Waals surface area contributed by atoms with Crippen molar-refractivity contribution in [1.29, 1.82) is 0 Å². The third-order valence-electron chi connectivity index (χ3n) is 5.74. The predicted octanol–water partition coefficient (Wildman–Crippen LogP) is 4.28. The predicted molar refractivity (Wildman–Crippen MR) is 134 cm³/mol. The largest absolute Gasteiger partial charge is 0.357 e. The monoisotopic (exact) mass is 540 g/mol. The van der Waals surface area contributed by atoms with Gasteiger partial charge in [-0.15, -0.1) is 24.0 Å². The molecular formula is C22H33IN6O2. The van der Waals surface area contributed by atoms with E-state index in [1.54, 1.807) is 12.1 Å². The number of hydrogen-bond acceptors (Lipinski definition) is 4. The molecule has 0 saturated carbocycles. The zero-order valence-electron chi connectivity index (χ0n) is 18.3. The van der Waals surface area contributed by atoms with Crippen molar-refractivity contribution in [2.24, 2.45) is 10.9 Å². The van der Waals surface area contributed by atoms with Gasteiger partial charge in [-0.3, -0.25) is 15.1 Å². The van der Waals surface area contributed by atoms with Crippen molar-refractivity contribution < 1.29 is 4.92 Å². The Hall–Kier alpha value is -2.17. The van der Waals surface area contributed by atoms with Gasteiger partial charge in [-0.2, -0.15) is 0 Å². The fourth-order valence-corrected chi connectivity index (χ4v) is 3.93. The average Bonchev–Trinajstić information content (AvgIpc) is 3.28. The minimum absolute atomic E-state index is 0. The zero-order valence-corrected chi connectivity index (χ0v) is 20.6. The minimum Gasteiger partial charge on any atom is -0.357 e. The Morgan fingerprint density at radius 3 is 2.74 bits per heavy atom. The number of unbranched alkanes of at least 4 members (excludes halogenated alkanes) is 1. The highest BCUT2D eigenvalue weighted by molar-refractivity contribution is 14.0. The Kier molecular flexibility index (Phi) is 10.2. The highest BCUT2D eigenvalue weighted by Crippen LogP contribution is 2.27. The number of aliphatic imine (C=N–C) groups is 1. The van der Waals surface area contributed by atoms with Crippen LogP contribution in [0.4, 0.5) is 5.69 Å². The highest BCUT2D eigenvalue weighted by atomic mass is 127. The molecule has 2 heterocycles. The molecular weight excluding hydrogens is 507 g/mol. The van der Waals surface area contributed by atoms with Gasteiger partial charge in [0.25, 0.3) is 5.69 Å². The van der Waals surface area contributed by atoms with Crippen LogP contribution in [0.25, 0.3) is 0 Å². The molecule has 2 unspecified atom stereocenters. The summed E-state index contributed by atoms with van der Waals surface area (Å²) in [6.45, 7) is 7.99. The summed E-state index contributed by atoms with van der Waals surface area (Å²) in [4.78, 5) is 21.8. The van der Waals surface area contributed by atoms with Gasteiger partial charge in [0, 0.05) is 50.7 Å². The lowest BCUT2D eigenvalue weighted by molar-refractivity contribution is -0.384. The van der Waals surface area contributed by atoms with Gasteiger partial charge in [-0.1, -0.05) is 19.1 Å². The molecule has 0 bridgehead atoms. The number of nitrogens with zero attached hydrogens (tertiary/aromatic N) is 5. The SMILES string of the molecule is CCNC(=NCCCCc1ccc([N+](=O)[O-])cc1)N1CCC(C)C(n2ccnc2)C1.I. The quantitative estimate of drug-likeness (QED) is 0.135. The van der Waals surface area contributed by atoms with Crippen LogP contribution in [0.3, 0.4) is 0 Å². The number of non-ortho nitro benzene ring substituents is 1. The number of imidazole rings is 1. The lowest BCUT2D eigenvalue weighted by atomic mass is 9.93. The van der Waals surface area contributed by atoms with E-state index in [1.165, 1.54) is 0 Å². The van der Waals surface area contributed by atoms with Crippen LogP contribution in [0.2, 0.25) is 0 Å². The minimum atomic E-state index is -0.362. The molecule has 0 aliphatic carbocycles. The maximum absolute atomic E-state index is 10.7. The zero-order chi connectivity index (χ0) is 21.3. The van der Waals surface area contributed by atoms with E-state index in [0.29, 0.717) is 12.0 Å². The fraction of sp³-hybridized carbons (Fsp3) is 0.545. The van der Waals surface area contributed by atoms with Gasteiger partial charge in [-0.05, 0) is 44.1 Å². The first-order valence-electron chi connectivity index (χ1n) is 10.8. The lowest BCUT2D eigenvalue weighted by Crippen LogP contribution is -2.49. The summed E-state index contributed by atoms with van der Waals surface area (Å²) < 4.78 is 2.21. The first-order valence-corrected chi connectivity index (χ1v) is 10.8. The van der Waals surface area contributed by atoms with E-state index in [2.05, 4.69) is 33.6 Å². The number of likely N-dealkylation sites (tertiary alicyclic amines) is 1. The van der Waals surface area contributed by atoms with Crippen molar-refractivity contribution in [2.75, 3.05) is 26.2 Å². The Morgan fingerprint density at radius 2 is 2.10 bits per heavy atom. The summed E-state index contributed by atoms with van der Waals surface area (Å²) in [7, 11) is 0. The number of piperidine rings is 1. The molecule has 1 aromatic carbocycles. The molecule has 0 spiro atoms. The van der Waals surface area contributed by atoms with Crippen molar-refractivity contribution in [3.8, 4) is 0 Å². The standard InChI is InChI=1S/C22H32N6O2.HI/c1-3-24-22(26-14-11-18(2)21(16-26)27-15-13-23-17-27)25-12-5-4-6-19-7-9-20(10-8-19)28(29)30;/h7-10,13,15,17-18,21H,3-6,11-12,14,16H2,1-2H3,(H,24,25);1H. The van der Waals surface area contributed by atoms with Crippen molar-refractivity contribution in [1.82, 2.24) is 19.8 Å². The van der Waals surface area contributed by atoms with Gasteiger partial charge in [-0.25, -0.2) is 4.98 Å². The van der Waals surface area contributed by atoms with E-state index in [-0.39, 0.29) is 34.6 Å². The Morgan fingerprint density at radius 1 is 1.32 bits per heavy atom.